The fourth-order valence-electron chi connectivity index (χ4n) is 1.91. The van der Waals surface area contributed by atoms with Gasteiger partial charge in [-0.15, -0.1) is 0 Å². The van der Waals surface area contributed by atoms with E-state index in [9.17, 15) is 0 Å². The van der Waals surface area contributed by atoms with Gasteiger partial charge in [-0.1, -0.05) is 0 Å². The van der Waals surface area contributed by atoms with Gasteiger partial charge in [-0.25, -0.2) is 0 Å². The fourth-order valence-corrected chi connectivity index (χ4v) is 1.91. The van der Waals surface area contributed by atoms with Crippen LogP contribution in [0.4, 0.5) is 0 Å². The van der Waals surface area contributed by atoms with E-state index in [2.05, 4.69) is 28.2 Å². The zero-order valence-corrected chi connectivity index (χ0v) is 7.45. The lowest BCUT2D eigenvalue weighted by Crippen LogP contribution is -2.30. The Labute approximate surface area is 72.8 Å². The van der Waals surface area contributed by atoms with Crippen LogP contribution in [0.1, 0.15) is 24.5 Å². The first-order chi connectivity index (χ1) is 5.86. The van der Waals surface area contributed by atoms with E-state index in [-0.39, 0.29) is 0 Å². The summed E-state index contributed by atoms with van der Waals surface area (Å²) in [5.74, 6) is 0.672. The van der Waals surface area contributed by atoms with E-state index in [1.165, 1.54) is 31.6 Å². The molecule has 0 bridgehead atoms. The molecule has 3 nitrogen and oxygen atoms in total. The Hall–Kier alpha value is -0.830. The summed E-state index contributed by atoms with van der Waals surface area (Å²) in [6, 6.07) is 2.09. The predicted molar refractivity (Wildman–Crippen MR) is 48.1 cm³/mol. The van der Waals surface area contributed by atoms with Crippen LogP contribution in [0, 0.1) is 0 Å². The highest BCUT2D eigenvalue weighted by Crippen LogP contribution is 2.23. The average molecular weight is 165 g/mol. The topological polar surface area (TPSA) is 31.9 Å². The normalized spacial score (nSPS) is 25.9. The maximum Gasteiger partial charge on any atom is 0.0490 e. The zero-order chi connectivity index (χ0) is 8.39. The summed E-state index contributed by atoms with van der Waals surface area (Å²) in [4.78, 5) is 2.38. The lowest BCUT2D eigenvalue weighted by atomic mass is 9.95. The number of nitrogens with zero attached hydrogens (tertiary/aromatic N) is 2. The summed E-state index contributed by atoms with van der Waals surface area (Å²) in [6.07, 6.45) is 4.44. The third-order valence-electron chi connectivity index (χ3n) is 2.59. The molecule has 0 spiro atoms. The monoisotopic (exact) mass is 165 g/mol. The molecule has 1 aromatic rings. The Balaban J connectivity index is 2.04. The molecule has 1 aromatic heterocycles. The SMILES string of the molecule is CN1CCC[C@H](c2ccn[nH]2)C1. The van der Waals surface area contributed by atoms with Crippen LogP contribution in [0.2, 0.25) is 0 Å². The number of likely N-dealkylation sites (tertiary alicyclic amines) is 1. The number of likely N-dealkylation sites (N-methyl/N-ethyl adjacent to an activating group) is 1. The molecule has 0 aromatic carbocycles. The predicted octanol–water partition coefficient (Wildman–Crippen LogP) is 1.22. The van der Waals surface area contributed by atoms with E-state index >= 15 is 0 Å². The quantitative estimate of drug-likeness (QED) is 0.678. The highest BCUT2D eigenvalue weighted by molar-refractivity contribution is 5.07. The van der Waals surface area contributed by atoms with Gasteiger partial charge < -0.3 is 4.90 Å². The van der Waals surface area contributed by atoms with Gasteiger partial charge in [-0.2, -0.15) is 5.10 Å². The van der Waals surface area contributed by atoms with E-state index in [1.54, 1.807) is 0 Å². The van der Waals surface area contributed by atoms with Gasteiger partial charge >= 0.3 is 0 Å². The molecule has 2 heterocycles. The van der Waals surface area contributed by atoms with E-state index < -0.39 is 0 Å². The third kappa shape index (κ3) is 1.50. The van der Waals surface area contributed by atoms with E-state index in [0.717, 1.165) is 0 Å². The number of aromatic amines is 1. The summed E-state index contributed by atoms with van der Waals surface area (Å²) < 4.78 is 0. The van der Waals surface area contributed by atoms with Crippen LogP contribution in [0.25, 0.3) is 0 Å². The first-order valence-corrected chi connectivity index (χ1v) is 4.54. The Morgan fingerprint density at radius 1 is 1.67 bits per heavy atom. The number of rotatable bonds is 1. The van der Waals surface area contributed by atoms with Gasteiger partial charge in [0.1, 0.15) is 0 Å². The summed E-state index contributed by atoms with van der Waals surface area (Å²) in [6.45, 7) is 2.41. The molecule has 0 amide bonds. The number of H-pyrrole nitrogens is 1. The molecule has 1 aliphatic heterocycles. The minimum atomic E-state index is 0.672. The van der Waals surface area contributed by atoms with Crippen LogP contribution >= 0.6 is 0 Å². The molecule has 3 heteroatoms. The van der Waals surface area contributed by atoms with Crippen molar-refractivity contribution in [3.8, 4) is 0 Å². The van der Waals surface area contributed by atoms with Crippen LogP contribution in [-0.2, 0) is 0 Å². The number of hydrogen-bond acceptors (Lipinski definition) is 2. The van der Waals surface area contributed by atoms with Gasteiger partial charge in [-0.05, 0) is 32.5 Å². The molecule has 1 aliphatic rings. The molecule has 1 fully saturated rings. The van der Waals surface area contributed by atoms with E-state index in [0.29, 0.717) is 5.92 Å². The minimum Gasteiger partial charge on any atom is -0.306 e. The lowest BCUT2D eigenvalue weighted by Gasteiger charge is -2.28. The van der Waals surface area contributed by atoms with Crippen LogP contribution in [0.15, 0.2) is 12.3 Å². The largest absolute Gasteiger partial charge is 0.306 e. The van der Waals surface area contributed by atoms with Crippen molar-refractivity contribution in [3.05, 3.63) is 18.0 Å². The Bertz CT molecular complexity index is 230. The molecule has 0 radical (unpaired) electrons. The van der Waals surface area contributed by atoms with Crippen molar-refractivity contribution in [2.75, 3.05) is 20.1 Å². The molecule has 0 saturated carbocycles. The Kier molecular flexibility index (Phi) is 2.13. The van der Waals surface area contributed by atoms with Crippen molar-refractivity contribution in [1.82, 2.24) is 15.1 Å². The van der Waals surface area contributed by atoms with Crippen molar-refractivity contribution >= 4 is 0 Å². The first kappa shape index (κ1) is 7.80. The minimum absolute atomic E-state index is 0.672. The van der Waals surface area contributed by atoms with E-state index in [1.807, 2.05) is 6.20 Å². The lowest BCUT2D eigenvalue weighted by molar-refractivity contribution is 0.248. The molecule has 66 valence electrons. The van der Waals surface area contributed by atoms with Crippen LogP contribution in [-0.4, -0.2) is 35.2 Å². The van der Waals surface area contributed by atoms with Crippen LogP contribution in [0.3, 0.4) is 0 Å². The van der Waals surface area contributed by atoms with Gasteiger partial charge in [0.15, 0.2) is 0 Å². The van der Waals surface area contributed by atoms with Crippen molar-refractivity contribution in [3.63, 3.8) is 0 Å². The second-order valence-electron chi connectivity index (χ2n) is 3.61. The van der Waals surface area contributed by atoms with Crippen LogP contribution in [0.5, 0.6) is 0 Å². The Morgan fingerprint density at radius 2 is 2.58 bits per heavy atom. The summed E-state index contributed by atoms with van der Waals surface area (Å²) in [7, 11) is 2.18. The second kappa shape index (κ2) is 3.27. The van der Waals surface area contributed by atoms with Crippen molar-refractivity contribution < 1.29 is 0 Å². The first-order valence-electron chi connectivity index (χ1n) is 4.54. The zero-order valence-electron chi connectivity index (χ0n) is 7.45. The van der Waals surface area contributed by atoms with E-state index in [4.69, 9.17) is 0 Å². The van der Waals surface area contributed by atoms with Gasteiger partial charge in [-0.3, -0.25) is 5.10 Å². The molecular weight excluding hydrogens is 150 g/mol. The highest BCUT2D eigenvalue weighted by Gasteiger charge is 2.19. The maximum atomic E-state index is 3.98. The summed E-state index contributed by atoms with van der Waals surface area (Å²) in [5.41, 5.74) is 1.29. The molecule has 0 aliphatic carbocycles. The fraction of sp³-hybridized carbons (Fsp3) is 0.667. The smallest absolute Gasteiger partial charge is 0.0490 e. The molecule has 2 rings (SSSR count). The van der Waals surface area contributed by atoms with Gasteiger partial charge in [0, 0.05) is 24.4 Å². The number of aromatic nitrogens is 2. The maximum absolute atomic E-state index is 3.98. The van der Waals surface area contributed by atoms with Gasteiger partial charge in [0.2, 0.25) is 0 Å². The van der Waals surface area contributed by atoms with Crippen molar-refractivity contribution in [1.29, 1.82) is 0 Å². The van der Waals surface area contributed by atoms with Gasteiger partial charge in [0.25, 0.3) is 0 Å². The molecule has 1 atom stereocenters. The van der Waals surface area contributed by atoms with Crippen LogP contribution < -0.4 is 0 Å². The number of nitrogens with one attached hydrogen (secondary N) is 1. The van der Waals surface area contributed by atoms with Crippen molar-refractivity contribution in [2.45, 2.75) is 18.8 Å². The van der Waals surface area contributed by atoms with Gasteiger partial charge in [0.05, 0.1) is 0 Å². The number of hydrogen-bond donors (Lipinski definition) is 1. The summed E-state index contributed by atoms with van der Waals surface area (Å²) >= 11 is 0. The van der Waals surface area contributed by atoms with Crippen molar-refractivity contribution in [2.24, 2.45) is 0 Å². The second-order valence-corrected chi connectivity index (χ2v) is 3.61. The summed E-state index contributed by atoms with van der Waals surface area (Å²) in [5, 5.41) is 7.03. The molecular formula is C9H15N3. The standard InChI is InChI=1S/C9H15N3/c1-12-6-2-3-8(7-12)9-4-5-10-11-9/h4-5,8H,2-3,6-7H2,1H3,(H,10,11)/t8-/m0/s1. The molecule has 1 saturated heterocycles. The molecule has 12 heavy (non-hydrogen) atoms. The molecule has 0 unspecified atom stereocenters. The molecule has 1 N–H and O–H groups in total. The Morgan fingerprint density at radius 3 is 3.25 bits per heavy atom. The average Bonchev–Trinajstić information content (AvgIpc) is 2.56. The third-order valence-corrected chi connectivity index (χ3v) is 2.59. The number of piperidine rings is 1. The highest BCUT2D eigenvalue weighted by atomic mass is 15.1.